The van der Waals surface area contributed by atoms with E-state index >= 15 is 0 Å². The zero-order valence-corrected chi connectivity index (χ0v) is 23.7. The lowest BCUT2D eigenvalue weighted by atomic mass is 9.84. The highest BCUT2D eigenvalue weighted by molar-refractivity contribution is 7.50. The molecule has 2 aromatic carbocycles. The number of benzene rings is 2. The van der Waals surface area contributed by atoms with E-state index < -0.39 is 43.7 Å². The van der Waals surface area contributed by atoms with E-state index in [4.69, 9.17) is 10.5 Å². The first-order valence-corrected chi connectivity index (χ1v) is 14.6. The first-order valence-electron chi connectivity index (χ1n) is 13.0. The average Bonchev–Trinajstić information content (AvgIpc) is 3.26. The third-order valence-electron chi connectivity index (χ3n) is 6.68. The molecule has 0 spiro atoms. The van der Waals surface area contributed by atoms with Gasteiger partial charge < -0.3 is 25.4 Å². The lowest BCUT2D eigenvalue weighted by Gasteiger charge is -2.39. The highest BCUT2D eigenvalue weighted by atomic mass is 31.2. The summed E-state index contributed by atoms with van der Waals surface area (Å²) in [6.07, 6.45) is -0.116. The number of carboxylic acid groups (broad SMARTS) is 1. The summed E-state index contributed by atoms with van der Waals surface area (Å²) in [7, 11) is -4.81. The number of nitrogens with zero attached hydrogens (tertiary/aromatic N) is 2. The van der Waals surface area contributed by atoms with Gasteiger partial charge in [0.1, 0.15) is 6.61 Å². The molecule has 0 fully saturated rings. The molecule has 1 aromatic heterocycles. The Morgan fingerprint density at radius 1 is 1.07 bits per heavy atom. The lowest BCUT2D eigenvalue weighted by molar-refractivity contribution is -0.158. The lowest BCUT2D eigenvalue weighted by Crippen LogP contribution is -2.64. The van der Waals surface area contributed by atoms with Gasteiger partial charge >= 0.3 is 19.8 Å². The number of rotatable bonds is 12. The van der Waals surface area contributed by atoms with Crippen molar-refractivity contribution in [2.24, 2.45) is 11.7 Å². The van der Waals surface area contributed by atoms with Gasteiger partial charge in [-0.3, -0.25) is 9.13 Å². The standard InChI is InChI=1S/C28H36N3O8P/c1-4-14-28(26(33)34,16-21-17-30(40(36,37)38)24-13-9-8-12-22(21)24)31(25(32)23(29)15-19(2)3)27(35)39-18-20-10-6-5-7-11-20/h5-13,17,19,23H,4,14-16,18,29H2,1-3H3,(H,33,34)(H2,36,37,38)/t23-,28-/m0/s1. The number of nitrogens with two attached hydrogens (primary N) is 1. The second-order valence-electron chi connectivity index (χ2n) is 10.2. The van der Waals surface area contributed by atoms with Crippen molar-refractivity contribution in [2.45, 2.75) is 64.6 Å². The molecule has 0 saturated heterocycles. The van der Waals surface area contributed by atoms with Crippen molar-refractivity contribution in [3.8, 4) is 0 Å². The molecule has 0 unspecified atom stereocenters. The highest BCUT2D eigenvalue weighted by Crippen LogP contribution is 2.43. The molecule has 2 amide bonds. The Bertz CT molecular complexity index is 1400. The Morgan fingerprint density at radius 2 is 1.70 bits per heavy atom. The van der Waals surface area contributed by atoms with Gasteiger partial charge in [0.05, 0.1) is 11.6 Å². The van der Waals surface area contributed by atoms with Crippen LogP contribution < -0.4 is 5.73 Å². The van der Waals surface area contributed by atoms with E-state index in [1.165, 1.54) is 12.3 Å². The van der Waals surface area contributed by atoms with Gasteiger partial charge in [-0.05, 0) is 36.0 Å². The minimum atomic E-state index is -4.81. The van der Waals surface area contributed by atoms with Crippen LogP contribution in [0.1, 0.15) is 51.2 Å². The summed E-state index contributed by atoms with van der Waals surface area (Å²) in [5.41, 5.74) is 5.10. The molecule has 5 N–H and O–H groups in total. The monoisotopic (exact) mass is 573 g/mol. The maximum atomic E-state index is 13.8. The van der Waals surface area contributed by atoms with Crippen molar-refractivity contribution in [2.75, 3.05) is 0 Å². The molecule has 0 radical (unpaired) electrons. The molecule has 3 aromatic rings. The molecule has 2 atom stereocenters. The number of aromatic nitrogens is 1. The number of fused-ring (bicyclic) bond motifs is 1. The zero-order valence-electron chi connectivity index (χ0n) is 22.8. The van der Waals surface area contributed by atoms with Gasteiger partial charge in [0.25, 0.3) is 0 Å². The molecule has 12 heteroatoms. The summed E-state index contributed by atoms with van der Waals surface area (Å²) in [6, 6.07) is 13.9. The summed E-state index contributed by atoms with van der Waals surface area (Å²) in [5, 5.41) is 11.0. The van der Waals surface area contributed by atoms with Gasteiger partial charge in [0.2, 0.25) is 5.91 Å². The van der Waals surface area contributed by atoms with Crippen LogP contribution in [0, 0.1) is 5.92 Å². The second kappa shape index (κ2) is 12.8. The van der Waals surface area contributed by atoms with E-state index in [-0.39, 0.29) is 42.9 Å². The fraction of sp³-hybridized carbons (Fsp3) is 0.393. The van der Waals surface area contributed by atoms with Crippen LogP contribution in [0.5, 0.6) is 0 Å². The van der Waals surface area contributed by atoms with Gasteiger partial charge in [-0.25, -0.2) is 19.1 Å². The van der Waals surface area contributed by atoms with Gasteiger partial charge in [-0.15, -0.1) is 0 Å². The Hall–Kier alpha value is -3.50. The summed E-state index contributed by atoms with van der Waals surface area (Å²) < 4.78 is 18.5. The smallest absolute Gasteiger partial charge is 0.434 e. The van der Waals surface area contributed by atoms with Crippen LogP contribution in [0.4, 0.5) is 4.79 Å². The van der Waals surface area contributed by atoms with E-state index in [0.29, 0.717) is 15.8 Å². The molecule has 0 aliphatic carbocycles. The molecule has 0 aliphatic heterocycles. The van der Waals surface area contributed by atoms with Crippen LogP contribution in [0.2, 0.25) is 0 Å². The van der Waals surface area contributed by atoms with Crippen molar-refractivity contribution < 1.29 is 38.6 Å². The van der Waals surface area contributed by atoms with Crippen LogP contribution in [-0.2, 0) is 31.9 Å². The Labute approximate surface area is 232 Å². The van der Waals surface area contributed by atoms with Gasteiger partial charge in [-0.1, -0.05) is 75.7 Å². The number of carboxylic acids is 1. The molecular formula is C28H36N3O8P. The molecule has 40 heavy (non-hydrogen) atoms. The topological polar surface area (TPSA) is 172 Å². The van der Waals surface area contributed by atoms with Crippen molar-refractivity contribution in [3.63, 3.8) is 0 Å². The molecular weight excluding hydrogens is 537 g/mol. The minimum absolute atomic E-state index is 0.0206. The Balaban J connectivity index is 2.17. The van der Waals surface area contributed by atoms with E-state index in [0.717, 1.165) is 4.34 Å². The first kappa shape index (κ1) is 31.0. The largest absolute Gasteiger partial charge is 0.479 e. The second-order valence-corrected chi connectivity index (χ2v) is 11.7. The normalized spacial score (nSPS) is 14.1. The summed E-state index contributed by atoms with van der Waals surface area (Å²) in [6.45, 7) is 5.20. The minimum Gasteiger partial charge on any atom is -0.479 e. The third-order valence-corrected chi connectivity index (χ3v) is 7.57. The quantitative estimate of drug-likeness (QED) is 0.231. The van der Waals surface area contributed by atoms with Crippen LogP contribution >= 0.6 is 7.75 Å². The fourth-order valence-electron chi connectivity index (χ4n) is 4.91. The summed E-state index contributed by atoms with van der Waals surface area (Å²) in [4.78, 5) is 61.0. The van der Waals surface area contributed by atoms with Gasteiger partial charge in [0.15, 0.2) is 5.54 Å². The maximum Gasteiger partial charge on any atom is 0.434 e. The molecule has 216 valence electrons. The average molecular weight is 574 g/mol. The molecule has 3 rings (SSSR count). The fourth-order valence-corrected chi connectivity index (χ4v) is 5.65. The van der Waals surface area contributed by atoms with Crippen LogP contribution in [0.25, 0.3) is 10.9 Å². The highest BCUT2D eigenvalue weighted by Gasteiger charge is 2.52. The van der Waals surface area contributed by atoms with E-state index in [1.807, 2.05) is 13.8 Å². The van der Waals surface area contributed by atoms with E-state index in [9.17, 15) is 33.8 Å². The first-order chi connectivity index (χ1) is 18.8. The number of carbonyl (C=O) groups is 3. The molecule has 0 bridgehead atoms. The van der Waals surface area contributed by atoms with Crippen LogP contribution in [0.15, 0.2) is 60.8 Å². The number of hydrogen-bond acceptors (Lipinski definition) is 6. The van der Waals surface area contributed by atoms with Crippen molar-refractivity contribution >= 4 is 36.6 Å². The van der Waals surface area contributed by atoms with Crippen molar-refractivity contribution in [3.05, 3.63) is 71.9 Å². The number of amides is 2. The van der Waals surface area contributed by atoms with Crippen LogP contribution in [-0.4, -0.2) is 53.7 Å². The van der Waals surface area contributed by atoms with Gasteiger partial charge in [0, 0.05) is 18.0 Å². The molecule has 1 heterocycles. The predicted molar refractivity (Wildman–Crippen MR) is 149 cm³/mol. The number of imide groups is 1. The van der Waals surface area contributed by atoms with Crippen molar-refractivity contribution in [1.29, 1.82) is 0 Å². The zero-order chi connectivity index (χ0) is 29.7. The van der Waals surface area contributed by atoms with Crippen LogP contribution in [0.3, 0.4) is 0 Å². The number of ether oxygens (including phenoxy) is 1. The Morgan fingerprint density at radius 3 is 2.27 bits per heavy atom. The number of para-hydroxylation sites is 1. The predicted octanol–water partition coefficient (Wildman–Crippen LogP) is 4.29. The third kappa shape index (κ3) is 6.79. The number of hydrogen-bond donors (Lipinski definition) is 4. The van der Waals surface area contributed by atoms with Crippen molar-refractivity contribution in [1.82, 2.24) is 9.24 Å². The summed E-state index contributed by atoms with van der Waals surface area (Å²) >= 11 is 0. The maximum absolute atomic E-state index is 13.8. The Kier molecular flexibility index (Phi) is 9.92. The SMILES string of the molecule is CCC[C@](Cc1cn(P(=O)(O)O)c2ccccc12)(C(=O)O)N(C(=O)OCc1ccccc1)C(=O)[C@@H](N)CC(C)C. The van der Waals surface area contributed by atoms with E-state index in [2.05, 4.69) is 0 Å². The molecule has 11 nitrogen and oxygen atoms in total. The number of aliphatic carboxylic acids is 1. The van der Waals surface area contributed by atoms with Gasteiger partial charge in [-0.2, -0.15) is 0 Å². The molecule has 0 aliphatic rings. The molecule has 0 saturated carbocycles. The summed E-state index contributed by atoms with van der Waals surface area (Å²) in [5.74, 6) is -2.39. The van der Waals surface area contributed by atoms with E-state index in [1.54, 1.807) is 55.5 Å². The number of carbonyl (C=O) groups excluding carboxylic acids is 2.